The number of nitrogens with zero attached hydrogens (tertiary/aromatic N) is 1. The van der Waals surface area contributed by atoms with Crippen molar-refractivity contribution < 1.29 is 4.74 Å². The van der Waals surface area contributed by atoms with Gasteiger partial charge in [0.05, 0.1) is 10.7 Å². The highest BCUT2D eigenvalue weighted by atomic mass is 79.9. The molecule has 5 heteroatoms. The number of anilines is 1. The van der Waals surface area contributed by atoms with Crippen molar-refractivity contribution in [2.75, 3.05) is 5.73 Å². The Kier molecular flexibility index (Phi) is 3.31. The second-order valence-electron chi connectivity index (χ2n) is 3.10. The van der Waals surface area contributed by atoms with E-state index in [1.54, 1.807) is 30.5 Å². The standard InChI is InChI=1S/C11H8BrClN2O/c12-7-1-4-11(15-6-7)16-8-2-3-10(14)9(13)5-8/h1-6H,14H2. The Morgan fingerprint density at radius 1 is 1.25 bits per heavy atom. The molecule has 1 aromatic carbocycles. The van der Waals surface area contributed by atoms with Crippen molar-refractivity contribution in [3.05, 3.63) is 46.0 Å². The maximum Gasteiger partial charge on any atom is 0.219 e. The van der Waals surface area contributed by atoms with Crippen molar-refractivity contribution >= 4 is 33.2 Å². The molecule has 0 atom stereocenters. The van der Waals surface area contributed by atoms with E-state index in [0.29, 0.717) is 22.3 Å². The minimum atomic E-state index is 0.467. The summed E-state index contributed by atoms with van der Waals surface area (Å²) in [6, 6.07) is 8.69. The summed E-state index contributed by atoms with van der Waals surface area (Å²) in [5, 5.41) is 0.467. The van der Waals surface area contributed by atoms with Crippen LogP contribution in [0.15, 0.2) is 41.0 Å². The molecule has 1 heterocycles. The fourth-order valence-electron chi connectivity index (χ4n) is 1.11. The van der Waals surface area contributed by atoms with Crippen LogP contribution in [-0.2, 0) is 0 Å². The molecule has 0 bridgehead atoms. The number of nitrogen functional groups attached to an aromatic ring is 1. The zero-order valence-corrected chi connectivity index (χ0v) is 10.5. The zero-order valence-electron chi connectivity index (χ0n) is 8.15. The van der Waals surface area contributed by atoms with Crippen molar-refractivity contribution in [1.82, 2.24) is 4.98 Å². The second kappa shape index (κ2) is 4.72. The van der Waals surface area contributed by atoms with Crippen LogP contribution < -0.4 is 10.5 Å². The molecule has 1 aromatic heterocycles. The third-order valence-electron chi connectivity index (χ3n) is 1.89. The fourth-order valence-corrected chi connectivity index (χ4v) is 1.52. The Hall–Kier alpha value is -1.26. The van der Waals surface area contributed by atoms with E-state index >= 15 is 0 Å². The van der Waals surface area contributed by atoms with E-state index in [-0.39, 0.29) is 0 Å². The number of hydrogen-bond acceptors (Lipinski definition) is 3. The topological polar surface area (TPSA) is 48.1 Å². The van der Waals surface area contributed by atoms with Gasteiger partial charge in [-0.05, 0) is 34.1 Å². The molecule has 0 aliphatic heterocycles. The highest BCUT2D eigenvalue weighted by Gasteiger charge is 2.01. The first-order chi connectivity index (χ1) is 7.65. The minimum Gasteiger partial charge on any atom is -0.439 e. The van der Waals surface area contributed by atoms with Gasteiger partial charge in [0.2, 0.25) is 5.88 Å². The van der Waals surface area contributed by atoms with Crippen molar-refractivity contribution in [3.63, 3.8) is 0 Å². The quantitative estimate of drug-likeness (QED) is 0.856. The summed E-state index contributed by atoms with van der Waals surface area (Å²) < 4.78 is 6.40. The number of rotatable bonds is 2. The van der Waals surface area contributed by atoms with Gasteiger partial charge in [0, 0.05) is 22.8 Å². The predicted molar refractivity (Wildman–Crippen MR) is 67.9 cm³/mol. The van der Waals surface area contributed by atoms with Crippen LogP contribution in [0.3, 0.4) is 0 Å². The smallest absolute Gasteiger partial charge is 0.219 e. The molecule has 82 valence electrons. The average Bonchev–Trinajstić information content (AvgIpc) is 2.27. The Bertz CT molecular complexity index is 502. The number of halogens is 2. The Morgan fingerprint density at radius 3 is 2.69 bits per heavy atom. The third kappa shape index (κ3) is 2.65. The summed E-state index contributed by atoms with van der Waals surface area (Å²) in [6.07, 6.45) is 1.66. The molecule has 16 heavy (non-hydrogen) atoms. The van der Waals surface area contributed by atoms with Crippen LogP contribution in [0.25, 0.3) is 0 Å². The van der Waals surface area contributed by atoms with Gasteiger partial charge < -0.3 is 10.5 Å². The molecular weight excluding hydrogens is 291 g/mol. The van der Waals surface area contributed by atoms with Gasteiger partial charge in [-0.25, -0.2) is 4.98 Å². The Labute approximate surface area is 106 Å². The molecule has 0 radical (unpaired) electrons. The molecular formula is C11H8BrClN2O. The average molecular weight is 300 g/mol. The molecule has 0 saturated carbocycles. The molecule has 0 unspecified atom stereocenters. The first-order valence-electron chi connectivity index (χ1n) is 4.49. The predicted octanol–water partition coefficient (Wildman–Crippen LogP) is 3.87. The fraction of sp³-hybridized carbons (Fsp3) is 0. The van der Waals surface area contributed by atoms with Crippen LogP contribution >= 0.6 is 27.5 Å². The van der Waals surface area contributed by atoms with Crippen LogP contribution in [0.1, 0.15) is 0 Å². The maximum absolute atomic E-state index is 5.87. The molecule has 0 aliphatic carbocycles. The molecule has 0 amide bonds. The molecule has 0 fully saturated rings. The number of pyridine rings is 1. The lowest BCUT2D eigenvalue weighted by molar-refractivity contribution is 0.463. The zero-order chi connectivity index (χ0) is 11.5. The highest BCUT2D eigenvalue weighted by Crippen LogP contribution is 2.27. The molecule has 2 N–H and O–H groups in total. The summed E-state index contributed by atoms with van der Waals surface area (Å²) in [6.45, 7) is 0. The molecule has 0 aliphatic rings. The lowest BCUT2D eigenvalue weighted by atomic mass is 10.3. The van der Waals surface area contributed by atoms with Crippen LogP contribution in [0.2, 0.25) is 5.02 Å². The van der Waals surface area contributed by atoms with Crippen molar-refractivity contribution in [2.45, 2.75) is 0 Å². The normalized spacial score (nSPS) is 10.1. The van der Waals surface area contributed by atoms with E-state index in [1.807, 2.05) is 6.07 Å². The molecule has 2 rings (SSSR count). The number of ether oxygens (including phenoxy) is 1. The van der Waals surface area contributed by atoms with E-state index in [2.05, 4.69) is 20.9 Å². The Balaban J connectivity index is 2.20. The number of hydrogen-bond donors (Lipinski definition) is 1. The lowest BCUT2D eigenvalue weighted by Crippen LogP contribution is -1.89. The van der Waals surface area contributed by atoms with Gasteiger partial charge >= 0.3 is 0 Å². The summed E-state index contributed by atoms with van der Waals surface area (Å²) in [4.78, 5) is 4.08. The third-order valence-corrected chi connectivity index (χ3v) is 2.69. The van der Waals surface area contributed by atoms with Gasteiger partial charge in [0.1, 0.15) is 5.75 Å². The Morgan fingerprint density at radius 2 is 2.06 bits per heavy atom. The van der Waals surface area contributed by atoms with Crippen LogP contribution in [0.4, 0.5) is 5.69 Å². The van der Waals surface area contributed by atoms with Gasteiger partial charge in [-0.1, -0.05) is 11.6 Å². The monoisotopic (exact) mass is 298 g/mol. The van der Waals surface area contributed by atoms with Crippen LogP contribution in [0.5, 0.6) is 11.6 Å². The van der Waals surface area contributed by atoms with Crippen molar-refractivity contribution in [3.8, 4) is 11.6 Å². The van der Waals surface area contributed by atoms with Gasteiger partial charge in [0.25, 0.3) is 0 Å². The SMILES string of the molecule is Nc1ccc(Oc2ccc(Br)cn2)cc1Cl. The number of benzene rings is 1. The summed E-state index contributed by atoms with van der Waals surface area (Å²) in [5.74, 6) is 1.11. The van der Waals surface area contributed by atoms with E-state index in [4.69, 9.17) is 22.1 Å². The summed E-state index contributed by atoms with van der Waals surface area (Å²) in [7, 11) is 0. The molecule has 3 nitrogen and oxygen atoms in total. The van der Waals surface area contributed by atoms with Gasteiger partial charge in [-0.3, -0.25) is 0 Å². The number of nitrogens with two attached hydrogens (primary N) is 1. The van der Waals surface area contributed by atoms with Gasteiger partial charge in [-0.2, -0.15) is 0 Å². The summed E-state index contributed by atoms with van der Waals surface area (Å²) in [5.41, 5.74) is 6.12. The molecule has 0 saturated heterocycles. The van der Waals surface area contributed by atoms with E-state index in [9.17, 15) is 0 Å². The first-order valence-corrected chi connectivity index (χ1v) is 5.67. The van der Waals surface area contributed by atoms with E-state index in [0.717, 1.165) is 4.47 Å². The van der Waals surface area contributed by atoms with Crippen LogP contribution in [0, 0.1) is 0 Å². The van der Waals surface area contributed by atoms with Crippen molar-refractivity contribution in [1.29, 1.82) is 0 Å². The van der Waals surface area contributed by atoms with E-state index < -0.39 is 0 Å². The maximum atomic E-state index is 5.87. The first kappa shape index (κ1) is 11.2. The second-order valence-corrected chi connectivity index (χ2v) is 4.42. The van der Waals surface area contributed by atoms with Crippen LogP contribution in [-0.4, -0.2) is 4.98 Å². The number of aromatic nitrogens is 1. The van der Waals surface area contributed by atoms with Gasteiger partial charge in [0.15, 0.2) is 0 Å². The summed E-state index contributed by atoms with van der Waals surface area (Å²) >= 11 is 9.17. The molecule has 0 spiro atoms. The van der Waals surface area contributed by atoms with E-state index in [1.165, 1.54) is 0 Å². The largest absolute Gasteiger partial charge is 0.439 e. The van der Waals surface area contributed by atoms with Gasteiger partial charge in [-0.15, -0.1) is 0 Å². The lowest BCUT2D eigenvalue weighted by Gasteiger charge is -2.05. The van der Waals surface area contributed by atoms with Crippen molar-refractivity contribution in [2.24, 2.45) is 0 Å². The highest BCUT2D eigenvalue weighted by molar-refractivity contribution is 9.10. The molecule has 2 aromatic rings. The minimum absolute atomic E-state index is 0.467.